The molecule has 0 saturated carbocycles. The third-order valence-electron chi connectivity index (χ3n) is 4.24. The summed E-state index contributed by atoms with van der Waals surface area (Å²) in [4.78, 5) is 14.6. The van der Waals surface area contributed by atoms with E-state index in [1.165, 1.54) is 0 Å². The number of anilines is 1. The van der Waals surface area contributed by atoms with E-state index >= 15 is 0 Å². The number of halogens is 1. The van der Waals surface area contributed by atoms with Gasteiger partial charge in [0.25, 0.3) is 0 Å². The van der Waals surface area contributed by atoms with Gasteiger partial charge in [-0.25, -0.2) is 0 Å². The van der Waals surface area contributed by atoms with Gasteiger partial charge in [-0.2, -0.15) is 0 Å². The molecular weight excluding hydrogens is 298 g/mol. The van der Waals surface area contributed by atoms with E-state index < -0.39 is 5.54 Å². The van der Waals surface area contributed by atoms with E-state index in [1.807, 2.05) is 31.2 Å². The van der Waals surface area contributed by atoms with E-state index in [9.17, 15) is 4.79 Å². The predicted molar refractivity (Wildman–Crippen MR) is 92.3 cm³/mol. The molecule has 4 nitrogen and oxygen atoms in total. The molecule has 1 saturated heterocycles. The maximum atomic E-state index is 12.4. The SMILES string of the molecule is CCCC(C)(N)C(=O)NC1CCCN(c2ccccc2Cl)C1. The number of piperidine rings is 1. The molecule has 22 heavy (non-hydrogen) atoms. The lowest BCUT2D eigenvalue weighted by atomic mass is 9.95. The summed E-state index contributed by atoms with van der Waals surface area (Å²) in [5.41, 5.74) is 6.36. The highest BCUT2D eigenvalue weighted by Crippen LogP contribution is 2.27. The lowest BCUT2D eigenvalue weighted by Gasteiger charge is -2.36. The second-order valence-electron chi connectivity index (χ2n) is 6.38. The monoisotopic (exact) mass is 323 g/mol. The van der Waals surface area contributed by atoms with Crippen molar-refractivity contribution in [3.8, 4) is 0 Å². The Hall–Kier alpha value is -1.26. The molecule has 1 aromatic carbocycles. The van der Waals surface area contributed by atoms with Crippen LogP contribution in [0.1, 0.15) is 39.5 Å². The van der Waals surface area contributed by atoms with Gasteiger partial charge in [0.05, 0.1) is 16.2 Å². The standard InChI is InChI=1S/C17H26ClN3O/c1-3-10-17(2,19)16(22)20-13-7-6-11-21(12-13)15-9-5-4-8-14(15)18/h4-5,8-9,13H,3,6-7,10-12,19H2,1-2H3,(H,20,22). The summed E-state index contributed by atoms with van der Waals surface area (Å²) in [6, 6.07) is 7.96. The number of hydrogen-bond donors (Lipinski definition) is 2. The Balaban J connectivity index is 1.99. The molecule has 0 bridgehead atoms. The maximum absolute atomic E-state index is 12.4. The molecule has 5 heteroatoms. The van der Waals surface area contributed by atoms with Gasteiger partial charge in [-0.3, -0.25) is 4.79 Å². The molecule has 0 aromatic heterocycles. The largest absolute Gasteiger partial charge is 0.368 e. The van der Waals surface area contributed by atoms with Crippen molar-refractivity contribution < 1.29 is 4.79 Å². The molecule has 0 radical (unpaired) electrons. The highest BCUT2D eigenvalue weighted by molar-refractivity contribution is 6.33. The van der Waals surface area contributed by atoms with Crippen LogP contribution in [0.5, 0.6) is 0 Å². The van der Waals surface area contributed by atoms with Crippen LogP contribution >= 0.6 is 11.6 Å². The normalized spacial score (nSPS) is 21.3. The number of amides is 1. The molecule has 3 N–H and O–H groups in total. The first-order valence-corrected chi connectivity index (χ1v) is 8.41. The summed E-state index contributed by atoms with van der Waals surface area (Å²) in [5.74, 6) is -0.0552. The van der Waals surface area contributed by atoms with Crippen LogP contribution in [0.4, 0.5) is 5.69 Å². The third kappa shape index (κ3) is 4.14. The van der Waals surface area contributed by atoms with Crippen molar-refractivity contribution in [3.05, 3.63) is 29.3 Å². The maximum Gasteiger partial charge on any atom is 0.240 e. The number of benzene rings is 1. The van der Waals surface area contributed by atoms with Gasteiger partial charge < -0.3 is 16.0 Å². The molecule has 1 amide bonds. The summed E-state index contributed by atoms with van der Waals surface area (Å²) in [6.45, 7) is 5.58. The van der Waals surface area contributed by atoms with E-state index in [0.717, 1.165) is 43.1 Å². The first-order chi connectivity index (χ1) is 10.4. The van der Waals surface area contributed by atoms with Gasteiger partial charge in [-0.1, -0.05) is 37.1 Å². The quantitative estimate of drug-likeness (QED) is 0.876. The molecule has 2 atom stereocenters. The molecule has 2 rings (SSSR count). The van der Waals surface area contributed by atoms with E-state index in [0.29, 0.717) is 6.42 Å². The Morgan fingerprint density at radius 1 is 1.50 bits per heavy atom. The molecule has 1 aliphatic heterocycles. The number of carbonyl (C=O) groups excluding carboxylic acids is 1. The number of nitrogens with two attached hydrogens (primary N) is 1. The number of hydrogen-bond acceptors (Lipinski definition) is 3. The van der Waals surface area contributed by atoms with Crippen LogP contribution in [0.2, 0.25) is 5.02 Å². The molecule has 2 unspecified atom stereocenters. The van der Waals surface area contributed by atoms with Crippen LogP contribution in [0.15, 0.2) is 24.3 Å². The van der Waals surface area contributed by atoms with Gasteiger partial charge in [0.2, 0.25) is 5.91 Å². The fourth-order valence-corrected chi connectivity index (χ4v) is 3.26. The number of para-hydroxylation sites is 1. The molecular formula is C17H26ClN3O. The average Bonchev–Trinajstić information content (AvgIpc) is 2.48. The topological polar surface area (TPSA) is 58.4 Å². The zero-order chi connectivity index (χ0) is 16.2. The van der Waals surface area contributed by atoms with Crippen LogP contribution in [0.25, 0.3) is 0 Å². The van der Waals surface area contributed by atoms with Gasteiger partial charge in [0.1, 0.15) is 0 Å². The van der Waals surface area contributed by atoms with Crippen molar-refractivity contribution in [2.75, 3.05) is 18.0 Å². The second-order valence-corrected chi connectivity index (χ2v) is 6.78. The molecule has 0 spiro atoms. The first-order valence-electron chi connectivity index (χ1n) is 8.03. The van der Waals surface area contributed by atoms with Gasteiger partial charge in [-0.15, -0.1) is 0 Å². The average molecular weight is 324 g/mol. The van der Waals surface area contributed by atoms with E-state index in [2.05, 4.69) is 10.2 Å². The minimum atomic E-state index is -0.790. The van der Waals surface area contributed by atoms with Crippen molar-refractivity contribution in [2.45, 2.75) is 51.1 Å². The minimum absolute atomic E-state index is 0.0552. The lowest BCUT2D eigenvalue weighted by molar-refractivity contribution is -0.126. The Morgan fingerprint density at radius 2 is 2.23 bits per heavy atom. The Labute approximate surface area is 138 Å². The van der Waals surface area contributed by atoms with Crippen molar-refractivity contribution in [3.63, 3.8) is 0 Å². The van der Waals surface area contributed by atoms with Crippen molar-refractivity contribution >= 4 is 23.2 Å². The fourth-order valence-electron chi connectivity index (χ4n) is 3.01. The van der Waals surface area contributed by atoms with E-state index in [4.69, 9.17) is 17.3 Å². The number of carbonyl (C=O) groups is 1. The van der Waals surface area contributed by atoms with Crippen LogP contribution < -0.4 is 16.0 Å². The van der Waals surface area contributed by atoms with E-state index in [-0.39, 0.29) is 11.9 Å². The summed E-state index contributed by atoms with van der Waals surface area (Å²) < 4.78 is 0. The van der Waals surface area contributed by atoms with Crippen molar-refractivity contribution in [1.29, 1.82) is 0 Å². The fraction of sp³-hybridized carbons (Fsp3) is 0.588. The van der Waals surface area contributed by atoms with Gasteiger partial charge >= 0.3 is 0 Å². The highest BCUT2D eigenvalue weighted by atomic mass is 35.5. The predicted octanol–water partition coefficient (Wildman–Crippen LogP) is 2.94. The van der Waals surface area contributed by atoms with Gasteiger partial charge in [-0.05, 0) is 38.3 Å². The van der Waals surface area contributed by atoms with Crippen LogP contribution in [0.3, 0.4) is 0 Å². The summed E-state index contributed by atoms with van der Waals surface area (Å²) in [7, 11) is 0. The molecule has 1 fully saturated rings. The zero-order valence-corrected chi connectivity index (χ0v) is 14.2. The molecule has 1 aliphatic rings. The Kier molecular flexibility index (Phi) is 5.70. The Bertz CT molecular complexity index is 518. The third-order valence-corrected chi connectivity index (χ3v) is 4.56. The zero-order valence-electron chi connectivity index (χ0n) is 13.4. The van der Waals surface area contributed by atoms with Crippen LogP contribution in [-0.4, -0.2) is 30.6 Å². The van der Waals surface area contributed by atoms with E-state index in [1.54, 1.807) is 6.92 Å². The number of rotatable bonds is 5. The van der Waals surface area contributed by atoms with Crippen LogP contribution in [-0.2, 0) is 4.79 Å². The molecule has 1 aromatic rings. The summed E-state index contributed by atoms with van der Waals surface area (Å²) >= 11 is 6.28. The van der Waals surface area contributed by atoms with Gasteiger partial charge in [0, 0.05) is 19.1 Å². The lowest BCUT2D eigenvalue weighted by Crippen LogP contribution is -2.57. The minimum Gasteiger partial charge on any atom is -0.368 e. The van der Waals surface area contributed by atoms with Crippen LogP contribution in [0, 0.1) is 0 Å². The Morgan fingerprint density at radius 3 is 2.91 bits per heavy atom. The smallest absolute Gasteiger partial charge is 0.240 e. The number of nitrogens with one attached hydrogen (secondary N) is 1. The second kappa shape index (κ2) is 7.34. The molecule has 0 aliphatic carbocycles. The summed E-state index contributed by atoms with van der Waals surface area (Å²) in [6.07, 6.45) is 3.61. The van der Waals surface area contributed by atoms with Gasteiger partial charge in [0.15, 0.2) is 0 Å². The van der Waals surface area contributed by atoms with Crippen molar-refractivity contribution in [2.24, 2.45) is 5.73 Å². The van der Waals surface area contributed by atoms with Crippen molar-refractivity contribution in [1.82, 2.24) is 5.32 Å². The number of nitrogens with zero attached hydrogens (tertiary/aromatic N) is 1. The summed E-state index contributed by atoms with van der Waals surface area (Å²) in [5, 5.41) is 3.87. The molecule has 1 heterocycles. The first kappa shape index (κ1) is 17.1. The highest BCUT2D eigenvalue weighted by Gasteiger charge is 2.30. The molecule has 122 valence electrons.